The molecule has 1 aliphatic heterocycles. The molecule has 0 aliphatic carbocycles. The fourth-order valence-electron chi connectivity index (χ4n) is 2.25. The normalized spacial score (nSPS) is 18.2. The van der Waals surface area contributed by atoms with E-state index in [1.54, 1.807) is 12.3 Å². The van der Waals surface area contributed by atoms with Gasteiger partial charge >= 0.3 is 0 Å². The van der Waals surface area contributed by atoms with Crippen LogP contribution in [0.1, 0.15) is 22.5 Å². The molecule has 104 valence electrons. The maximum absolute atomic E-state index is 12.2. The van der Waals surface area contributed by atoms with Crippen molar-refractivity contribution in [2.75, 3.05) is 12.3 Å². The lowest BCUT2D eigenvalue weighted by Crippen LogP contribution is -2.38. The molecule has 2 aromatic rings. The zero-order valence-electron chi connectivity index (χ0n) is 10.7. The quantitative estimate of drug-likeness (QED) is 0.782. The second-order valence-electron chi connectivity index (χ2n) is 4.71. The van der Waals surface area contributed by atoms with Crippen LogP contribution in [0.2, 0.25) is 0 Å². The number of nitrogens with one attached hydrogen (secondary N) is 2. The summed E-state index contributed by atoms with van der Waals surface area (Å²) in [6.07, 6.45) is 2.95. The van der Waals surface area contributed by atoms with Gasteiger partial charge in [0.2, 0.25) is 5.91 Å². The third kappa shape index (κ3) is 2.32. The highest BCUT2D eigenvalue weighted by atomic mass is 32.1. The van der Waals surface area contributed by atoms with Gasteiger partial charge in [0.15, 0.2) is 0 Å². The minimum Gasteiger partial charge on any atom is -0.397 e. The number of hydrogen-bond acceptors (Lipinski definition) is 5. The van der Waals surface area contributed by atoms with Crippen LogP contribution in [0.3, 0.4) is 0 Å². The van der Waals surface area contributed by atoms with Crippen molar-refractivity contribution < 1.29 is 9.59 Å². The van der Waals surface area contributed by atoms with Crippen molar-refractivity contribution in [1.82, 2.24) is 15.6 Å². The van der Waals surface area contributed by atoms with E-state index in [4.69, 9.17) is 5.73 Å². The van der Waals surface area contributed by atoms with Gasteiger partial charge in [-0.3, -0.25) is 9.59 Å². The van der Waals surface area contributed by atoms with Crippen molar-refractivity contribution in [2.24, 2.45) is 0 Å². The Morgan fingerprint density at radius 2 is 2.45 bits per heavy atom. The number of hydrogen-bond donors (Lipinski definition) is 3. The number of nitrogens with two attached hydrogens (primary N) is 1. The largest absolute Gasteiger partial charge is 0.397 e. The lowest BCUT2D eigenvalue weighted by atomic mass is 10.2. The van der Waals surface area contributed by atoms with Crippen LogP contribution in [-0.4, -0.2) is 29.4 Å². The average Bonchev–Trinajstić information content (AvgIpc) is 3.01. The van der Waals surface area contributed by atoms with Gasteiger partial charge in [0.1, 0.15) is 9.71 Å². The van der Waals surface area contributed by atoms with Crippen LogP contribution in [0, 0.1) is 0 Å². The van der Waals surface area contributed by atoms with Crippen molar-refractivity contribution in [2.45, 2.75) is 18.9 Å². The zero-order chi connectivity index (χ0) is 14.1. The Balaban J connectivity index is 1.72. The van der Waals surface area contributed by atoms with Gasteiger partial charge in [0, 0.05) is 30.6 Å². The van der Waals surface area contributed by atoms with Gasteiger partial charge in [-0.2, -0.15) is 0 Å². The third-order valence-corrected chi connectivity index (χ3v) is 4.43. The maximum atomic E-state index is 12.2. The lowest BCUT2D eigenvalue weighted by Gasteiger charge is -2.10. The Labute approximate surface area is 119 Å². The predicted octanol–water partition coefficient (Wildman–Crippen LogP) is 0.887. The van der Waals surface area contributed by atoms with E-state index in [2.05, 4.69) is 15.6 Å². The molecule has 1 fully saturated rings. The highest BCUT2D eigenvalue weighted by Gasteiger charge is 2.22. The van der Waals surface area contributed by atoms with E-state index in [0.29, 0.717) is 23.5 Å². The molecule has 20 heavy (non-hydrogen) atoms. The van der Waals surface area contributed by atoms with Crippen LogP contribution in [0.15, 0.2) is 18.3 Å². The molecule has 3 rings (SSSR count). The second kappa shape index (κ2) is 5.09. The first kappa shape index (κ1) is 12.9. The third-order valence-electron chi connectivity index (χ3n) is 3.30. The molecule has 2 amide bonds. The van der Waals surface area contributed by atoms with Gasteiger partial charge in [-0.1, -0.05) is 0 Å². The van der Waals surface area contributed by atoms with Crippen LogP contribution < -0.4 is 16.4 Å². The highest BCUT2D eigenvalue weighted by molar-refractivity contribution is 7.21. The van der Waals surface area contributed by atoms with Gasteiger partial charge in [0.25, 0.3) is 5.91 Å². The van der Waals surface area contributed by atoms with Gasteiger partial charge in [-0.05, 0) is 18.6 Å². The molecule has 2 aromatic heterocycles. The van der Waals surface area contributed by atoms with Crippen molar-refractivity contribution in [3.8, 4) is 0 Å². The van der Waals surface area contributed by atoms with Gasteiger partial charge in [0.05, 0.1) is 5.69 Å². The number of aromatic nitrogens is 1. The number of pyridine rings is 1. The Hall–Kier alpha value is -2.15. The number of fused-ring (bicyclic) bond motifs is 1. The number of carbonyl (C=O) groups is 2. The van der Waals surface area contributed by atoms with E-state index >= 15 is 0 Å². The topological polar surface area (TPSA) is 97.1 Å². The van der Waals surface area contributed by atoms with Crippen molar-refractivity contribution in [1.29, 1.82) is 0 Å². The lowest BCUT2D eigenvalue weighted by molar-refractivity contribution is -0.119. The molecular formula is C13H14N4O2S. The summed E-state index contributed by atoms with van der Waals surface area (Å²) in [6.45, 7) is 0.422. The number of amides is 2. The Morgan fingerprint density at radius 1 is 1.60 bits per heavy atom. The average molecular weight is 290 g/mol. The van der Waals surface area contributed by atoms with E-state index in [9.17, 15) is 9.59 Å². The van der Waals surface area contributed by atoms with Crippen LogP contribution in [0.4, 0.5) is 5.69 Å². The van der Waals surface area contributed by atoms with E-state index < -0.39 is 0 Å². The van der Waals surface area contributed by atoms with Crippen molar-refractivity contribution in [3.05, 3.63) is 23.2 Å². The minimum atomic E-state index is -0.216. The summed E-state index contributed by atoms with van der Waals surface area (Å²) in [4.78, 5) is 28.7. The summed E-state index contributed by atoms with van der Waals surface area (Å²) in [6, 6.07) is 3.66. The number of carbonyl (C=O) groups excluding carboxylic acids is 2. The molecule has 3 heterocycles. The van der Waals surface area contributed by atoms with Crippen LogP contribution >= 0.6 is 11.3 Å². The standard InChI is InChI=1S/C13H14N4O2S/c14-10-8-2-1-5-15-13(8)20-11(10)12(19)16-6-7-3-4-9(18)17-7/h1-2,5,7H,3-4,6,14H2,(H,16,19)(H,17,18). The SMILES string of the molecule is Nc1c(C(=O)NCC2CCC(=O)N2)sc2ncccc12. The highest BCUT2D eigenvalue weighted by Crippen LogP contribution is 2.31. The van der Waals surface area contributed by atoms with Gasteiger partial charge < -0.3 is 16.4 Å². The molecular weight excluding hydrogens is 276 g/mol. The number of nitrogen functional groups attached to an aromatic ring is 1. The van der Waals surface area contributed by atoms with Crippen molar-refractivity contribution in [3.63, 3.8) is 0 Å². The van der Waals surface area contributed by atoms with E-state index in [1.165, 1.54) is 11.3 Å². The first-order valence-corrected chi connectivity index (χ1v) is 7.17. The molecule has 0 spiro atoms. The summed E-state index contributed by atoms with van der Waals surface area (Å²) < 4.78 is 0. The second-order valence-corrected chi connectivity index (χ2v) is 5.71. The molecule has 7 heteroatoms. The number of thiophene rings is 1. The molecule has 1 unspecified atom stereocenters. The first-order valence-electron chi connectivity index (χ1n) is 6.35. The molecule has 4 N–H and O–H groups in total. The van der Waals surface area contributed by atoms with Crippen LogP contribution in [0.25, 0.3) is 10.2 Å². The van der Waals surface area contributed by atoms with Crippen LogP contribution in [-0.2, 0) is 4.79 Å². The summed E-state index contributed by atoms with van der Waals surface area (Å²) >= 11 is 1.28. The van der Waals surface area contributed by atoms with E-state index in [1.807, 2.05) is 6.07 Å². The Morgan fingerprint density at radius 3 is 3.15 bits per heavy atom. The monoisotopic (exact) mass is 290 g/mol. The van der Waals surface area contributed by atoms with Crippen LogP contribution in [0.5, 0.6) is 0 Å². The van der Waals surface area contributed by atoms with E-state index in [-0.39, 0.29) is 17.9 Å². The fraction of sp³-hybridized carbons (Fsp3) is 0.308. The number of anilines is 1. The smallest absolute Gasteiger partial charge is 0.263 e. The molecule has 0 radical (unpaired) electrons. The number of nitrogens with zero attached hydrogens (tertiary/aromatic N) is 1. The molecule has 1 saturated heterocycles. The molecule has 1 aliphatic rings. The van der Waals surface area contributed by atoms with Gasteiger partial charge in [-0.15, -0.1) is 11.3 Å². The first-order chi connectivity index (χ1) is 9.65. The van der Waals surface area contributed by atoms with Gasteiger partial charge in [-0.25, -0.2) is 4.98 Å². The molecule has 0 saturated carbocycles. The Bertz CT molecular complexity index is 682. The molecule has 1 atom stereocenters. The summed E-state index contributed by atoms with van der Waals surface area (Å²) in [5.74, 6) is -0.179. The van der Waals surface area contributed by atoms with Crippen molar-refractivity contribution >= 4 is 39.1 Å². The Kier molecular flexibility index (Phi) is 3.27. The summed E-state index contributed by atoms with van der Waals surface area (Å²) in [5.41, 5.74) is 6.45. The van der Waals surface area contributed by atoms with E-state index in [0.717, 1.165) is 16.6 Å². The summed E-state index contributed by atoms with van der Waals surface area (Å²) in [7, 11) is 0. The molecule has 0 aromatic carbocycles. The molecule has 6 nitrogen and oxygen atoms in total. The maximum Gasteiger partial charge on any atom is 0.263 e. The minimum absolute atomic E-state index is 0.0141. The summed E-state index contributed by atoms with van der Waals surface area (Å²) in [5, 5.41) is 6.42. The fourth-order valence-corrected chi connectivity index (χ4v) is 3.23. The molecule has 0 bridgehead atoms. The predicted molar refractivity (Wildman–Crippen MR) is 77.5 cm³/mol. The number of rotatable bonds is 3. The zero-order valence-corrected chi connectivity index (χ0v) is 11.5.